The largest absolute Gasteiger partial charge is 0.488 e. The Labute approximate surface area is 154 Å². The standard InChI is InChI=1S/C12H17BBrN5O5P/c1-6-3-22-25(13,20)23-4-7(21-2)11(24-6)19-10-8(18-12(19)14)9(15)16-5-17-10/h5-7,11,20H,3-4H2,1-2H3,(H2,15,16,17)/q+1/t6-,7-,11+,25?/m0/s1. The molecule has 0 aromatic carbocycles. The Morgan fingerprint density at radius 3 is 2.88 bits per heavy atom. The van der Waals surface area contributed by atoms with E-state index in [-0.39, 0.29) is 19.0 Å². The first kappa shape index (κ1) is 18.9. The van der Waals surface area contributed by atoms with Crippen LogP contribution >= 0.6 is 23.8 Å². The predicted molar refractivity (Wildman–Crippen MR) is 94.6 cm³/mol. The second-order valence-corrected chi connectivity index (χ2v) is 7.80. The minimum absolute atomic E-state index is 0.0507. The lowest BCUT2D eigenvalue weighted by atomic mass is 10.3. The van der Waals surface area contributed by atoms with Gasteiger partial charge in [-0.25, -0.2) is 19.8 Å². The van der Waals surface area contributed by atoms with E-state index < -0.39 is 26.3 Å². The molecule has 0 aliphatic carbocycles. The molecular weight excluding hydrogens is 416 g/mol. The molecule has 1 fully saturated rings. The zero-order valence-electron chi connectivity index (χ0n) is 13.6. The Kier molecular flexibility index (Phi) is 5.59. The van der Waals surface area contributed by atoms with Gasteiger partial charge in [0.05, 0.1) is 6.10 Å². The minimum atomic E-state index is -3.44. The van der Waals surface area contributed by atoms with Crippen molar-refractivity contribution in [2.24, 2.45) is 0 Å². The van der Waals surface area contributed by atoms with Crippen LogP contribution in [0.15, 0.2) is 11.1 Å². The normalized spacial score (nSPS) is 31.4. The maximum absolute atomic E-state index is 9.98. The van der Waals surface area contributed by atoms with Crippen molar-refractivity contribution in [3.63, 3.8) is 0 Å². The fraction of sp³-hybridized carbons (Fsp3) is 0.583. The van der Waals surface area contributed by atoms with Crippen molar-refractivity contribution in [2.45, 2.75) is 25.4 Å². The third-order valence-electron chi connectivity index (χ3n) is 3.63. The average molecular weight is 433 g/mol. The molecule has 3 rings (SSSR count). The van der Waals surface area contributed by atoms with Gasteiger partial charge < -0.3 is 15.2 Å². The lowest BCUT2D eigenvalue weighted by molar-refractivity contribution is -0.133. The SMILES string of the molecule is [B][P+]1(O)OC[C@H](OC)[C@H](n2c(Br)nc3c(N)ncnc32)O[C@@H](C)CO1. The van der Waals surface area contributed by atoms with Crippen molar-refractivity contribution >= 4 is 48.3 Å². The Bertz CT molecular complexity index is 765. The molecule has 1 saturated heterocycles. The fourth-order valence-electron chi connectivity index (χ4n) is 2.41. The number of anilines is 1. The number of imidazole rings is 1. The number of fused-ring (bicyclic) bond motifs is 1. The molecule has 1 aliphatic rings. The van der Waals surface area contributed by atoms with Crippen LogP contribution in [0.5, 0.6) is 0 Å². The molecule has 0 saturated carbocycles. The number of nitrogen functional groups attached to an aromatic ring is 1. The van der Waals surface area contributed by atoms with Gasteiger partial charge in [-0.2, -0.15) is 9.05 Å². The molecule has 0 bridgehead atoms. The van der Waals surface area contributed by atoms with Gasteiger partial charge in [-0.15, -0.1) is 0 Å². The van der Waals surface area contributed by atoms with Crippen molar-refractivity contribution in [1.82, 2.24) is 19.5 Å². The van der Waals surface area contributed by atoms with E-state index in [9.17, 15) is 4.89 Å². The summed E-state index contributed by atoms with van der Waals surface area (Å²) in [6, 6.07) is 0. The molecule has 3 N–H and O–H groups in total. The monoisotopic (exact) mass is 432 g/mol. The summed E-state index contributed by atoms with van der Waals surface area (Å²) >= 11 is 3.40. The van der Waals surface area contributed by atoms with Crippen LogP contribution in [-0.4, -0.2) is 64.5 Å². The van der Waals surface area contributed by atoms with E-state index in [0.717, 1.165) is 0 Å². The van der Waals surface area contributed by atoms with E-state index in [1.807, 2.05) is 0 Å². The van der Waals surface area contributed by atoms with Gasteiger partial charge >= 0.3 is 15.4 Å². The van der Waals surface area contributed by atoms with Crippen LogP contribution < -0.4 is 5.73 Å². The molecule has 2 aromatic heterocycles. The summed E-state index contributed by atoms with van der Waals surface area (Å²) < 4.78 is 24.2. The van der Waals surface area contributed by atoms with Gasteiger partial charge in [0.25, 0.3) is 0 Å². The maximum Gasteiger partial charge on any atom is 0.488 e. The number of methoxy groups -OCH3 is 1. The highest BCUT2D eigenvalue weighted by Crippen LogP contribution is 2.52. The minimum Gasteiger partial charge on any atom is -0.382 e. The summed E-state index contributed by atoms with van der Waals surface area (Å²) in [5, 5.41) is 0. The van der Waals surface area contributed by atoms with Crippen molar-refractivity contribution < 1.29 is 23.4 Å². The number of nitrogens with two attached hydrogens (primary N) is 1. The zero-order chi connectivity index (χ0) is 18.2. The average Bonchev–Trinajstić information content (AvgIpc) is 2.91. The number of aromatic nitrogens is 4. The van der Waals surface area contributed by atoms with Crippen LogP contribution in [0, 0.1) is 0 Å². The van der Waals surface area contributed by atoms with Gasteiger partial charge in [0.1, 0.15) is 25.6 Å². The summed E-state index contributed by atoms with van der Waals surface area (Å²) in [5.41, 5.74) is 6.77. The van der Waals surface area contributed by atoms with E-state index >= 15 is 0 Å². The molecule has 10 nitrogen and oxygen atoms in total. The first-order chi connectivity index (χ1) is 11.8. The molecule has 0 spiro atoms. The number of ether oxygens (including phenoxy) is 2. The van der Waals surface area contributed by atoms with Gasteiger partial charge in [-0.05, 0) is 22.9 Å². The molecule has 0 amide bonds. The van der Waals surface area contributed by atoms with Crippen molar-refractivity contribution in [1.29, 1.82) is 0 Å². The third-order valence-corrected chi connectivity index (χ3v) is 5.22. The van der Waals surface area contributed by atoms with Crippen LogP contribution in [0.2, 0.25) is 0 Å². The molecule has 4 atom stereocenters. The first-order valence-electron chi connectivity index (χ1n) is 7.34. The van der Waals surface area contributed by atoms with Gasteiger partial charge in [0.2, 0.25) is 0 Å². The molecular formula is C12H17BBrN5O5P+. The highest BCUT2D eigenvalue weighted by atomic mass is 79.9. The zero-order valence-corrected chi connectivity index (χ0v) is 16.1. The number of rotatable bonds is 2. The van der Waals surface area contributed by atoms with E-state index in [0.29, 0.717) is 15.9 Å². The highest BCUT2D eigenvalue weighted by Gasteiger charge is 2.41. The summed E-state index contributed by atoms with van der Waals surface area (Å²) in [6.45, 7) is 1.78. The summed E-state index contributed by atoms with van der Waals surface area (Å²) in [7, 11) is 3.71. The van der Waals surface area contributed by atoms with E-state index in [2.05, 4.69) is 30.9 Å². The predicted octanol–water partition coefficient (Wildman–Crippen LogP) is 0.975. The van der Waals surface area contributed by atoms with Gasteiger partial charge in [0, 0.05) is 7.11 Å². The Morgan fingerprint density at radius 1 is 1.44 bits per heavy atom. The molecule has 2 aromatic rings. The number of hydrogen-bond acceptors (Lipinski definition) is 9. The highest BCUT2D eigenvalue weighted by molar-refractivity contribution is 9.10. The van der Waals surface area contributed by atoms with Crippen molar-refractivity contribution in [3.05, 3.63) is 11.1 Å². The molecule has 3 heterocycles. The summed E-state index contributed by atoms with van der Waals surface area (Å²) in [4.78, 5) is 22.5. The van der Waals surface area contributed by atoms with E-state index in [1.54, 1.807) is 11.5 Å². The first-order valence-corrected chi connectivity index (χ1v) is 9.78. The Morgan fingerprint density at radius 2 is 2.16 bits per heavy atom. The Balaban J connectivity index is 2.06. The summed E-state index contributed by atoms with van der Waals surface area (Å²) in [5.74, 6) is 0.247. The fourth-order valence-corrected chi connectivity index (χ4v) is 3.82. The van der Waals surface area contributed by atoms with Crippen LogP contribution in [-0.2, 0) is 18.5 Å². The maximum atomic E-state index is 9.98. The molecule has 13 heteroatoms. The second kappa shape index (κ2) is 7.39. The number of hydrogen-bond donors (Lipinski definition) is 2. The molecule has 134 valence electrons. The van der Waals surface area contributed by atoms with Crippen LogP contribution in [0.1, 0.15) is 13.2 Å². The van der Waals surface area contributed by atoms with Crippen LogP contribution in [0.3, 0.4) is 0 Å². The van der Waals surface area contributed by atoms with E-state index in [1.165, 1.54) is 13.4 Å². The van der Waals surface area contributed by atoms with Crippen LogP contribution in [0.25, 0.3) is 11.2 Å². The van der Waals surface area contributed by atoms with Crippen molar-refractivity contribution in [2.75, 3.05) is 26.1 Å². The van der Waals surface area contributed by atoms with E-state index in [4.69, 9.17) is 31.8 Å². The quantitative estimate of drug-likeness (QED) is 0.405. The Hall–Kier alpha value is -0.875. The third kappa shape index (κ3) is 3.95. The lowest BCUT2D eigenvalue weighted by Crippen LogP contribution is -2.34. The van der Waals surface area contributed by atoms with Gasteiger partial charge in [0.15, 0.2) is 27.9 Å². The number of nitrogens with zero attached hydrogens (tertiary/aromatic N) is 4. The summed E-state index contributed by atoms with van der Waals surface area (Å²) in [6.07, 6.45) is -0.380. The molecule has 1 aliphatic heterocycles. The van der Waals surface area contributed by atoms with Crippen molar-refractivity contribution in [3.8, 4) is 0 Å². The van der Waals surface area contributed by atoms with Gasteiger partial charge in [-0.3, -0.25) is 4.57 Å². The van der Waals surface area contributed by atoms with Gasteiger partial charge in [-0.1, -0.05) is 0 Å². The smallest absolute Gasteiger partial charge is 0.382 e. The molecule has 2 radical (unpaired) electrons. The van der Waals surface area contributed by atoms with Crippen LogP contribution in [0.4, 0.5) is 5.82 Å². The lowest BCUT2D eigenvalue weighted by Gasteiger charge is -2.28. The molecule has 1 unspecified atom stereocenters. The number of halogens is 1. The molecule has 25 heavy (non-hydrogen) atoms. The topological polar surface area (TPSA) is 127 Å². The second-order valence-electron chi connectivity index (χ2n) is 5.45.